The molecule has 0 spiro atoms. The molecular weight excluding hydrogens is 649 g/mol. The fourth-order valence-electron chi connectivity index (χ4n) is 4.84. The molecule has 2 aliphatic heterocycles. The first-order valence-corrected chi connectivity index (χ1v) is 15.6. The van der Waals surface area contributed by atoms with Gasteiger partial charge in [0.2, 0.25) is 11.8 Å². The van der Waals surface area contributed by atoms with Crippen molar-refractivity contribution in [1.29, 1.82) is 0 Å². The molecule has 4 rings (SSSR count). The number of carbonyl (C=O) groups is 6. The van der Waals surface area contributed by atoms with E-state index >= 15 is 4.39 Å². The summed E-state index contributed by atoms with van der Waals surface area (Å²) >= 11 is 6.98. The molecule has 2 aromatic rings. The number of cyclic esters (lactones) is 1. The topological polar surface area (TPSA) is 189 Å². The van der Waals surface area contributed by atoms with Crippen molar-refractivity contribution in [3.63, 3.8) is 0 Å². The van der Waals surface area contributed by atoms with Gasteiger partial charge in [-0.05, 0) is 49.6 Å². The van der Waals surface area contributed by atoms with Crippen LogP contribution in [0.5, 0.6) is 0 Å². The van der Waals surface area contributed by atoms with Gasteiger partial charge in [0.15, 0.2) is 0 Å². The number of nitrogens with two attached hydrogens (primary N) is 1. The fraction of sp³-hybridized carbons (Fsp3) is 0.448. The summed E-state index contributed by atoms with van der Waals surface area (Å²) in [6, 6.07) is 6.02. The van der Waals surface area contributed by atoms with Crippen LogP contribution in [0.4, 0.5) is 20.6 Å². The number of benzene rings is 1. The Morgan fingerprint density at radius 3 is 2.61 bits per heavy atom. The Kier molecular flexibility index (Phi) is 12.0. The Hall–Kier alpha value is -4.12. The number of hydrogen-bond donors (Lipinski definition) is 3. The highest BCUT2D eigenvalue weighted by Gasteiger charge is 2.38. The van der Waals surface area contributed by atoms with Crippen LogP contribution in [0.3, 0.4) is 0 Å². The van der Waals surface area contributed by atoms with Crippen molar-refractivity contribution >= 4 is 70.0 Å². The predicted octanol–water partition coefficient (Wildman–Crippen LogP) is 2.38. The van der Waals surface area contributed by atoms with E-state index in [4.69, 9.17) is 31.9 Å². The molecule has 0 saturated carbocycles. The van der Waals surface area contributed by atoms with E-state index in [-0.39, 0.29) is 74.9 Å². The molecule has 0 aliphatic carbocycles. The van der Waals surface area contributed by atoms with Crippen molar-refractivity contribution in [2.24, 2.45) is 5.73 Å². The summed E-state index contributed by atoms with van der Waals surface area (Å²) in [5.74, 6) is -3.84. The maximum Gasteiger partial charge on any atom is 0.414 e. The van der Waals surface area contributed by atoms with E-state index in [9.17, 15) is 28.8 Å². The first-order valence-electron chi connectivity index (χ1n) is 14.5. The van der Waals surface area contributed by atoms with Gasteiger partial charge in [-0.3, -0.25) is 33.8 Å². The number of ether oxygens (including phenoxy) is 2. The number of morpholine rings is 1. The Morgan fingerprint density at radius 1 is 1.15 bits per heavy atom. The zero-order valence-electron chi connectivity index (χ0n) is 24.6. The Bertz CT molecular complexity index is 1490. The monoisotopic (exact) mass is 681 g/mol. The fourth-order valence-corrected chi connectivity index (χ4v) is 5.83. The molecule has 17 heteroatoms. The largest absolute Gasteiger partial charge is 0.481 e. The predicted molar refractivity (Wildman–Crippen MR) is 164 cm³/mol. The summed E-state index contributed by atoms with van der Waals surface area (Å²) in [5, 5.41) is 11.3. The van der Waals surface area contributed by atoms with Gasteiger partial charge in [-0.2, -0.15) is 0 Å². The standard InChI is InChI=1S/C29H33ClFN5O9S/c30-23-8-7-22(46-23)28(42)36(24(37)3-1-2-10-33-27(41)20(32)5-9-26(39)40)15-18-14-35(29(43)45-18)21-6-4-17(13-19(21)31)34-11-12-44-16-25(34)38/h4,6-8,13,18,20H,1-3,5,9-12,14-16,32H2,(H,33,41)(H,39,40)/t18-,20+/m1/s1. The zero-order valence-corrected chi connectivity index (χ0v) is 26.2. The minimum absolute atomic E-state index is 0.0139. The van der Waals surface area contributed by atoms with E-state index in [1.807, 2.05) is 0 Å². The lowest BCUT2D eigenvalue weighted by molar-refractivity contribution is -0.137. The smallest absolute Gasteiger partial charge is 0.414 e. The van der Waals surface area contributed by atoms with E-state index in [0.717, 1.165) is 27.2 Å². The number of halogens is 2. The number of hydrogen-bond acceptors (Lipinski definition) is 10. The number of amides is 5. The number of nitrogens with one attached hydrogen (secondary N) is 1. The molecule has 5 amide bonds. The lowest BCUT2D eigenvalue weighted by atomic mass is 10.1. The number of anilines is 2. The maximum absolute atomic E-state index is 15.2. The number of unbranched alkanes of at least 4 members (excludes halogenated alkanes) is 1. The van der Waals surface area contributed by atoms with Gasteiger partial charge < -0.3 is 30.5 Å². The van der Waals surface area contributed by atoms with Gasteiger partial charge in [0.1, 0.15) is 18.5 Å². The molecule has 2 aliphatic rings. The molecule has 2 fully saturated rings. The second kappa shape index (κ2) is 15.9. The zero-order chi connectivity index (χ0) is 33.4. The lowest BCUT2D eigenvalue weighted by Crippen LogP contribution is -2.43. The van der Waals surface area contributed by atoms with Crippen LogP contribution >= 0.6 is 22.9 Å². The summed E-state index contributed by atoms with van der Waals surface area (Å²) in [7, 11) is 0. The van der Waals surface area contributed by atoms with Crippen molar-refractivity contribution in [2.45, 2.75) is 44.2 Å². The molecule has 2 atom stereocenters. The summed E-state index contributed by atoms with van der Waals surface area (Å²) in [4.78, 5) is 77.8. The van der Waals surface area contributed by atoms with E-state index in [0.29, 0.717) is 23.1 Å². The van der Waals surface area contributed by atoms with Crippen LogP contribution in [-0.4, -0.2) is 97.2 Å². The van der Waals surface area contributed by atoms with Crippen molar-refractivity contribution in [3.05, 3.63) is 45.4 Å². The van der Waals surface area contributed by atoms with Crippen molar-refractivity contribution < 1.29 is 47.7 Å². The normalized spacial score (nSPS) is 17.1. The van der Waals surface area contributed by atoms with Crippen LogP contribution in [0, 0.1) is 5.82 Å². The molecule has 0 bridgehead atoms. The van der Waals surface area contributed by atoms with Crippen molar-refractivity contribution in [3.8, 4) is 0 Å². The van der Waals surface area contributed by atoms with E-state index in [2.05, 4.69) is 5.32 Å². The average Bonchev–Trinajstić information content (AvgIpc) is 3.62. The highest BCUT2D eigenvalue weighted by molar-refractivity contribution is 7.18. The van der Waals surface area contributed by atoms with Gasteiger partial charge in [0.05, 0.1) is 40.6 Å². The van der Waals surface area contributed by atoms with Gasteiger partial charge in [-0.25, -0.2) is 9.18 Å². The second-order valence-electron chi connectivity index (χ2n) is 10.6. The van der Waals surface area contributed by atoms with Gasteiger partial charge in [-0.1, -0.05) is 11.6 Å². The van der Waals surface area contributed by atoms with Gasteiger partial charge >= 0.3 is 12.1 Å². The summed E-state index contributed by atoms with van der Waals surface area (Å²) in [5.41, 5.74) is 5.91. The molecule has 14 nitrogen and oxygen atoms in total. The molecule has 2 saturated heterocycles. The molecule has 248 valence electrons. The van der Waals surface area contributed by atoms with Gasteiger partial charge in [-0.15, -0.1) is 11.3 Å². The molecular formula is C29H33ClFN5O9S. The number of thiophene rings is 1. The number of nitrogens with zero attached hydrogens (tertiary/aromatic N) is 3. The van der Waals surface area contributed by atoms with Crippen LogP contribution < -0.4 is 20.9 Å². The number of carboxylic acids is 1. The lowest BCUT2D eigenvalue weighted by Gasteiger charge is -2.27. The molecule has 1 aromatic heterocycles. The Labute approximate surface area is 272 Å². The number of imide groups is 1. The minimum Gasteiger partial charge on any atom is -0.481 e. The number of aliphatic carboxylic acids is 1. The quantitative estimate of drug-likeness (QED) is 0.250. The SMILES string of the molecule is N[C@@H](CCC(=O)O)C(=O)NCCCCC(=O)N(C[C@H]1CN(c2ccc(N3CCOCC3=O)cc2F)C(=O)O1)C(=O)c1ccc(Cl)s1. The molecule has 1 aromatic carbocycles. The summed E-state index contributed by atoms with van der Waals surface area (Å²) in [6.45, 7) is 0.185. The van der Waals surface area contributed by atoms with Crippen molar-refractivity contribution in [1.82, 2.24) is 10.2 Å². The summed E-state index contributed by atoms with van der Waals surface area (Å²) < 4.78 is 26.1. The second-order valence-corrected chi connectivity index (χ2v) is 12.3. The van der Waals surface area contributed by atoms with Gasteiger partial charge in [0, 0.05) is 31.6 Å². The number of carboxylic acid groups (broad SMARTS) is 1. The third kappa shape index (κ3) is 8.99. The van der Waals surface area contributed by atoms with Crippen molar-refractivity contribution in [2.75, 3.05) is 49.2 Å². The number of carbonyl (C=O) groups excluding carboxylic acids is 5. The average molecular weight is 682 g/mol. The molecule has 3 heterocycles. The third-order valence-electron chi connectivity index (χ3n) is 7.23. The van der Waals surface area contributed by atoms with Crippen LogP contribution in [-0.2, 0) is 28.7 Å². The van der Waals surface area contributed by atoms with Gasteiger partial charge in [0.25, 0.3) is 11.8 Å². The molecule has 4 N–H and O–H groups in total. The van der Waals surface area contributed by atoms with Crippen LogP contribution in [0.1, 0.15) is 41.8 Å². The van der Waals surface area contributed by atoms with Crippen LogP contribution in [0.15, 0.2) is 30.3 Å². The Morgan fingerprint density at radius 2 is 1.93 bits per heavy atom. The molecule has 0 unspecified atom stereocenters. The van der Waals surface area contributed by atoms with Crippen LogP contribution in [0.25, 0.3) is 0 Å². The molecule has 0 radical (unpaired) electrons. The first kappa shape index (κ1) is 34.7. The highest BCUT2D eigenvalue weighted by Crippen LogP contribution is 2.30. The molecule has 46 heavy (non-hydrogen) atoms. The highest BCUT2D eigenvalue weighted by atomic mass is 35.5. The van der Waals surface area contributed by atoms with E-state index in [1.54, 1.807) is 0 Å². The Balaban J connectivity index is 1.36. The minimum atomic E-state index is -1.06. The van der Waals surface area contributed by atoms with Crippen LogP contribution in [0.2, 0.25) is 4.34 Å². The first-order chi connectivity index (χ1) is 21.9. The van der Waals surface area contributed by atoms with E-state index < -0.39 is 47.7 Å². The maximum atomic E-state index is 15.2. The summed E-state index contributed by atoms with van der Waals surface area (Å²) in [6.07, 6.45) is -1.51. The van der Waals surface area contributed by atoms with E-state index in [1.165, 1.54) is 29.2 Å². The third-order valence-corrected chi connectivity index (χ3v) is 8.45. The number of rotatable bonds is 14.